The van der Waals surface area contributed by atoms with E-state index in [1.807, 2.05) is 20.8 Å². The number of nitrogens with two attached hydrogens (primary N) is 1. The van der Waals surface area contributed by atoms with Crippen LogP contribution in [0.1, 0.15) is 26.5 Å². The van der Waals surface area contributed by atoms with Crippen molar-refractivity contribution in [3.63, 3.8) is 0 Å². The van der Waals surface area contributed by atoms with Crippen molar-refractivity contribution in [3.8, 4) is 0 Å². The van der Waals surface area contributed by atoms with E-state index in [9.17, 15) is 12.8 Å². The van der Waals surface area contributed by atoms with Crippen LogP contribution in [0.4, 0.5) is 15.9 Å². The molecule has 0 atom stereocenters. The highest BCUT2D eigenvalue weighted by atomic mass is 32.2. The van der Waals surface area contributed by atoms with Crippen LogP contribution in [-0.4, -0.2) is 18.6 Å². The van der Waals surface area contributed by atoms with Gasteiger partial charge in [-0.2, -0.15) is 5.10 Å². The smallest absolute Gasteiger partial charge is 0.265 e. The Morgan fingerprint density at radius 3 is 2.57 bits per heavy atom. The van der Waals surface area contributed by atoms with Gasteiger partial charge in [-0.25, -0.2) is 12.8 Å². The predicted octanol–water partition coefficient (Wildman–Crippen LogP) is 2.23. The first-order valence-electron chi connectivity index (χ1n) is 6.24. The van der Waals surface area contributed by atoms with Gasteiger partial charge in [0.25, 0.3) is 10.0 Å². The number of nitrogens with zero attached hydrogens (tertiary/aromatic N) is 1. The number of benzene rings is 1. The summed E-state index contributed by atoms with van der Waals surface area (Å²) in [6.45, 7) is 5.88. The van der Waals surface area contributed by atoms with Crippen molar-refractivity contribution in [2.24, 2.45) is 0 Å². The van der Waals surface area contributed by atoms with Gasteiger partial charge in [-0.05, 0) is 12.1 Å². The summed E-state index contributed by atoms with van der Waals surface area (Å²) >= 11 is 0. The van der Waals surface area contributed by atoms with Gasteiger partial charge in [-0.15, -0.1) is 0 Å². The number of hydrogen-bond acceptors (Lipinski definition) is 4. The van der Waals surface area contributed by atoms with Crippen LogP contribution in [0.3, 0.4) is 0 Å². The Morgan fingerprint density at radius 1 is 1.33 bits per heavy atom. The molecule has 0 aliphatic carbocycles. The van der Waals surface area contributed by atoms with Crippen LogP contribution in [0, 0.1) is 5.82 Å². The van der Waals surface area contributed by atoms with Gasteiger partial charge in [0.1, 0.15) is 10.7 Å². The SMILES string of the molecule is CC(C)(C)c1cc(NS(=O)(=O)c2cccc(F)c2N)n[nH]1. The highest BCUT2D eigenvalue weighted by Crippen LogP contribution is 2.25. The number of aromatic nitrogens is 2. The molecule has 0 amide bonds. The maximum Gasteiger partial charge on any atom is 0.265 e. The molecule has 1 aromatic carbocycles. The molecule has 0 bridgehead atoms. The molecule has 0 saturated carbocycles. The van der Waals surface area contributed by atoms with Crippen molar-refractivity contribution in [1.29, 1.82) is 0 Å². The van der Waals surface area contributed by atoms with Crippen LogP contribution >= 0.6 is 0 Å². The number of hydrogen-bond donors (Lipinski definition) is 3. The van der Waals surface area contributed by atoms with E-state index in [4.69, 9.17) is 5.73 Å². The Morgan fingerprint density at radius 2 is 2.00 bits per heavy atom. The third kappa shape index (κ3) is 3.15. The molecule has 2 rings (SSSR count). The van der Waals surface area contributed by atoms with Gasteiger partial charge in [0.2, 0.25) is 0 Å². The minimum Gasteiger partial charge on any atom is -0.395 e. The highest BCUT2D eigenvalue weighted by molar-refractivity contribution is 7.92. The first-order chi connectivity index (χ1) is 9.61. The summed E-state index contributed by atoms with van der Waals surface area (Å²) in [5.74, 6) is -0.654. The number of para-hydroxylation sites is 1. The third-order valence-corrected chi connectivity index (χ3v) is 4.34. The molecular formula is C13H17FN4O2S. The molecule has 0 saturated heterocycles. The quantitative estimate of drug-likeness (QED) is 0.756. The number of anilines is 2. The molecular weight excluding hydrogens is 295 g/mol. The van der Waals surface area contributed by atoms with Gasteiger partial charge < -0.3 is 5.73 Å². The van der Waals surface area contributed by atoms with Crippen molar-refractivity contribution < 1.29 is 12.8 Å². The Bertz CT molecular complexity index is 763. The molecule has 0 spiro atoms. The molecule has 8 heteroatoms. The zero-order chi connectivity index (χ0) is 15.8. The normalized spacial score (nSPS) is 12.4. The Hall–Kier alpha value is -2.09. The Balaban J connectivity index is 2.34. The van der Waals surface area contributed by atoms with E-state index < -0.39 is 21.5 Å². The lowest BCUT2D eigenvalue weighted by Crippen LogP contribution is -2.15. The molecule has 0 radical (unpaired) electrons. The van der Waals surface area contributed by atoms with E-state index in [1.54, 1.807) is 6.07 Å². The fraction of sp³-hybridized carbons (Fsp3) is 0.308. The van der Waals surface area contributed by atoms with Gasteiger partial charge in [0, 0.05) is 17.2 Å². The molecule has 1 heterocycles. The second-order valence-electron chi connectivity index (χ2n) is 5.67. The number of nitrogen functional groups attached to an aromatic ring is 1. The second-order valence-corrected chi connectivity index (χ2v) is 7.32. The fourth-order valence-electron chi connectivity index (χ4n) is 1.70. The molecule has 114 valence electrons. The average molecular weight is 312 g/mol. The summed E-state index contributed by atoms with van der Waals surface area (Å²) in [6.07, 6.45) is 0. The van der Waals surface area contributed by atoms with Gasteiger partial charge in [-0.3, -0.25) is 9.82 Å². The molecule has 21 heavy (non-hydrogen) atoms. The fourth-order valence-corrected chi connectivity index (χ4v) is 2.84. The molecule has 1 aromatic heterocycles. The molecule has 0 unspecified atom stereocenters. The van der Waals surface area contributed by atoms with Crippen molar-refractivity contribution in [1.82, 2.24) is 10.2 Å². The van der Waals surface area contributed by atoms with Crippen LogP contribution in [0.5, 0.6) is 0 Å². The van der Waals surface area contributed by atoms with Crippen molar-refractivity contribution in [2.45, 2.75) is 31.1 Å². The Kier molecular flexibility index (Phi) is 3.66. The summed E-state index contributed by atoms with van der Waals surface area (Å²) in [5, 5.41) is 6.66. The number of sulfonamides is 1. The second kappa shape index (κ2) is 5.03. The zero-order valence-corrected chi connectivity index (χ0v) is 12.8. The molecule has 6 nitrogen and oxygen atoms in total. The maximum atomic E-state index is 13.4. The van der Waals surface area contributed by atoms with Crippen LogP contribution in [0.15, 0.2) is 29.2 Å². The van der Waals surface area contributed by atoms with Gasteiger partial charge >= 0.3 is 0 Å². The van der Waals surface area contributed by atoms with E-state index in [2.05, 4.69) is 14.9 Å². The monoisotopic (exact) mass is 312 g/mol. The van der Waals surface area contributed by atoms with E-state index in [-0.39, 0.29) is 16.1 Å². The number of H-pyrrole nitrogens is 1. The summed E-state index contributed by atoms with van der Waals surface area (Å²) in [7, 11) is -4.00. The summed E-state index contributed by atoms with van der Waals surface area (Å²) in [6, 6.07) is 5.21. The first kappa shape index (κ1) is 15.3. The summed E-state index contributed by atoms with van der Waals surface area (Å²) < 4.78 is 40.1. The van der Waals surface area contributed by atoms with Gasteiger partial charge in [0.05, 0.1) is 5.69 Å². The third-order valence-electron chi connectivity index (χ3n) is 2.93. The number of halogens is 1. The van der Waals surface area contributed by atoms with Crippen LogP contribution < -0.4 is 10.5 Å². The molecule has 4 N–H and O–H groups in total. The standard InChI is InChI=1S/C13H17FN4O2S/c1-13(2,3)10-7-11(17-16-10)18-21(19,20)9-6-4-5-8(14)12(9)15/h4-7H,15H2,1-3H3,(H2,16,17,18). The van der Waals surface area contributed by atoms with Gasteiger partial charge in [0.15, 0.2) is 5.82 Å². The van der Waals surface area contributed by atoms with Crippen LogP contribution in [0.25, 0.3) is 0 Å². The predicted molar refractivity (Wildman–Crippen MR) is 78.9 cm³/mol. The molecule has 0 aliphatic heterocycles. The lowest BCUT2D eigenvalue weighted by Gasteiger charge is -2.14. The topological polar surface area (TPSA) is 101 Å². The minimum atomic E-state index is -4.00. The number of rotatable bonds is 3. The van der Waals surface area contributed by atoms with Crippen molar-refractivity contribution >= 4 is 21.5 Å². The summed E-state index contributed by atoms with van der Waals surface area (Å²) in [4.78, 5) is -0.317. The zero-order valence-electron chi connectivity index (χ0n) is 11.9. The number of aromatic amines is 1. The van der Waals surface area contributed by atoms with E-state index in [0.29, 0.717) is 0 Å². The largest absolute Gasteiger partial charge is 0.395 e. The van der Waals surface area contributed by atoms with Crippen LogP contribution in [0.2, 0.25) is 0 Å². The average Bonchev–Trinajstić information content (AvgIpc) is 2.80. The summed E-state index contributed by atoms with van der Waals surface area (Å²) in [5.41, 5.74) is 5.63. The van der Waals surface area contributed by atoms with Crippen molar-refractivity contribution in [3.05, 3.63) is 35.8 Å². The van der Waals surface area contributed by atoms with E-state index in [0.717, 1.165) is 11.8 Å². The van der Waals surface area contributed by atoms with Gasteiger partial charge in [-0.1, -0.05) is 26.8 Å². The minimum absolute atomic E-state index is 0.128. The molecule has 0 aliphatic rings. The van der Waals surface area contributed by atoms with E-state index in [1.165, 1.54) is 12.1 Å². The van der Waals surface area contributed by atoms with E-state index >= 15 is 0 Å². The molecule has 2 aromatic rings. The lowest BCUT2D eigenvalue weighted by atomic mass is 9.92. The molecule has 0 fully saturated rings. The maximum absolute atomic E-state index is 13.4. The Labute approximate surface area is 122 Å². The van der Waals surface area contributed by atoms with Crippen LogP contribution in [-0.2, 0) is 15.4 Å². The lowest BCUT2D eigenvalue weighted by molar-refractivity contribution is 0.567. The highest BCUT2D eigenvalue weighted by Gasteiger charge is 2.22. The van der Waals surface area contributed by atoms with Crippen molar-refractivity contribution in [2.75, 3.05) is 10.5 Å². The first-order valence-corrected chi connectivity index (χ1v) is 7.72. The number of nitrogens with one attached hydrogen (secondary N) is 2.